The van der Waals surface area contributed by atoms with Crippen molar-refractivity contribution in [2.45, 2.75) is 82.5 Å². The number of aliphatic hydroxyl groups excluding tert-OH is 1. The predicted octanol–water partition coefficient (Wildman–Crippen LogP) is 3.71. The van der Waals surface area contributed by atoms with Crippen molar-refractivity contribution >= 4 is 0 Å². The standard InChI is InChI=1S/C24H33NO3/c1-21-9-7-18(26)14-16(21)5-6-20-19(21)8-10-22(2)23(27,11-12-24(20,22)28)17-4-3-13-25-15-17/h3-5,13,15,18-20,26-28H,6-12,14H2,1-2H3/t18?,19-,20-,21+,22-,23?,24-/m1/s1. The van der Waals surface area contributed by atoms with Crippen molar-refractivity contribution in [3.63, 3.8) is 0 Å². The highest BCUT2D eigenvalue weighted by Gasteiger charge is 2.71. The quantitative estimate of drug-likeness (QED) is 0.647. The molecule has 0 aliphatic heterocycles. The third-order valence-electron chi connectivity index (χ3n) is 9.55. The minimum absolute atomic E-state index is 0.0776. The molecule has 3 N–H and O–H groups in total. The Labute approximate surface area is 167 Å². The van der Waals surface area contributed by atoms with Crippen molar-refractivity contribution in [3.05, 3.63) is 41.7 Å². The van der Waals surface area contributed by atoms with Gasteiger partial charge in [0.25, 0.3) is 0 Å². The Bertz CT molecular complexity index is 809. The van der Waals surface area contributed by atoms with E-state index >= 15 is 0 Å². The number of allylic oxidation sites excluding steroid dienone is 1. The van der Waals surface area contributed by atoms with E-state index < -0.39 is 16.6 Å². The fourth-order valence-corrected chi connectivity index (χ4v) is 7.69. The van der Waals surface area contributed by atoms with E-state index in [0.29, 0.717) is 18.8 Å². The number of nitrogens with zero attached hydrogens (tertiary/aromatic N) is 1. The summed E-state index contributed by atoms with van der Waals surface area (Å²) in [5, 5.41) is 34.2. The van der Waals surface area contributed by atoms with Crippen LogP contribution in [0, 0.1) is 22.7 Å². The first-order valence-electron chi connectivity index (χ1n) is 11.0. The Kier molecular flexibility index (Phi) is 3.96. The second-order valence-electron chi connectivity index (χ2n) is 10.4. The van der Waals surface area contributed by atoms with Crippen molar-refractivity contribution in [1.29, 1.82) is 0 Å². The minimum Gasteiger partial charge on any atom is -0.393 e. The highest BCUT2D eigenvalue weighted by Crippen LogP contribution is 2.70. The van der Waals surface area contributed by atoms with E-state index in [1.807, 2.05) is 12.1 Å². The summed E-state index contributed by atoms with van der Waals surface area (Å²) in [4.78, 5) is 4.24. The van der Waals surface area contributed by atoms with Gasteiger partial charge in [-0.25, -0.2) is 0 Å². The molecular weight excluding hydrogens is 350 g/mol. The van der Waals surface area contributed by atoms with Gasteiger partial charge < -0.3 is 15.3 Å². The molecule has 2 unspecified atom stereocenters. The first kappa shape index (κ1) is 18.8. The van der Waals surface area contributed by atoms with Crippen molar-refractivity contribution in [2.75, 3.05) is 0 Å². The van der Waals surface area contributed by atoms with Gasteiger partial charge in [0.05, 0.1) is 17.3 Å². The average Bonchev–Trinajstić information content (AvgIpc) is 2.91. The van der Waals surface area contributed by atoms with Gasteiger partial charge in [0.1, 0.15) is 0 Å². The summed E-state index contributed by atoms with van der Waals surface area (Å²) in [6.45, 7) is 4.46. The van der Waals surface area contributed by atoms with Crippen molar-refractivity contribution < 1.29 is 15.3 Å². The van der Waals surface area contributed by atoms with E-state index in [4.69, 9.17) is 0 Å². The summed E-state index contributed by atoms with van der Waals surface area (Å²) < 4.78 is 0. The second kappa shape index (κ2) is 5.90. The van der Waals surface area contributed by atoms with Crippen molar-refractivity contribution in [1.82, 2.24) is 4.98 Å². The van der Waals surface area contributed by atoms with E-state index in [1.165, 1.54) is 5.57 Å². The molecule has 3 saturated carbocycles. The van der Waals surface area contributed by atoms with E-state index in [-0.39, 0.29) is 17.4 Å². The smallest absolute Gasteiger partial charge is 0.0993 e. The number of pyridine rings is 1. The number of rotatable bonds is 1. The highest BCUT2D eigenvalue weighted by atomic mass is 16.3. The molecule has 4 nitrogen and oxygen atoms in total. The number of aromatic nitrogens is 1. The molecule has 0 spiro atoms. The Morgan fingerprint density at radius 3 is 2.61 bits per heavy atom. The van der Waals surface area contributed by atoms with Gasteiger partial charge in [0.2, 0.25) is 0 Å². The van der Waals surface area contributed by atoms with E-state index in [9.17, 15) is 15.3 Å². The van der Waals surface area contributed by atoms with Crippen LogP contribution in [0.5, 0.6) is 0 Å². The molecule has 5 rings (SSSR count). The molecule has 152 valence electrons. The van der Waals surface area contributed by atoms with Crippen LogP contribution >= 0.6 is 0 Å². The lowest BCUT2D eigenvalue weighted by Gasteiger charge is -2.62. The predicted molar refractivity (Wildman–Crippen MR) is 107 cm³/mol. The van der Waals surface area contributed by atoms with Crippen LogP contribution in [0.1, 0.15) is 70.8 Å². The Morgan fingerprint density at radius 1 is 1.04 bits per heavy atom. The molecule has 0 radical (unpaired) electrons. The molecule has 0 saturated heterocycles. The van der Waals surface area contributed by atoms with Gasteiger partial charge in [-0.3, -0.25) is 4.98 Å². The molecule has 0 bridgehead atoms. The van der Waals surface area contributed by atoms with Crippen LogP contribution in [-0.2, 0) is 5.60 Å². The minimum atomic E-state index is -1.03. The maximum Gasteiger partial charge on any atom is 0.0993 e. The van der Waals surface area contributed by atoms with E-state index in [0.717, 1.165) is 44.1 Å². The van der Waals surface area contributed by atoms with Crippen molar-refractivity contribution in [3.8, 4) is 0 Å². The Balaban J connectivity index is 1.56. The summed E-state index contributed by atoms with van der Waals surface area (Å²) in [6, 6.07) is 3.84. The first-order valence-corrected chi connectivity index (χ1v) is 11.0. The Morgan fingerprint density at radius 2 is 1.86 bits per heavy atom. The van der Waals surface area contributed by atoms with Crippen LogP contribution in [0.4, 0.5) is 0 Å². The SMILES string of the molecule is C[C@]12CCC(O)CC1=CC[C@@H]1[C@H]2CC[C@]2(C)C(O)(c3cccnc3)CC[C@@]12O. The van der Waals surface area contributed by atoms with Crippen LogP contribution in [0.25, 0.3) is 0 Å². The largest absolute Gasteiger partial charge is 0.393 e. The summed E-state index contributed by atoms with van der Waals surface area (Å²) in [7, 11) is 0. The normalized spacial score (nSPS) is 50.3. The summed E-state index contributed by atoms with van der Waals surface area (Å²) in [5.41, 5.74) is -0.156. The molecule has 1 heterocycles. The zero-order valence-electron chi connectivity index (χ0n) is 17.1. The third-order valence-corrected chi connectivity index (χ3v) is 9.55. The number of aliphatic hydroxyl groups is 3. The molecule has 28 heavy (non-hydrogen) atoms. The molecule has 4 aliphatic carbocycles. The molecule has 4 heteroatoms. The van der Waals surface area contributed by atoms with Crippen LogP contribution in [-0.4, -0.2) is 32.0 Å². The summed E-state index contributed by atoms with van der Waals surface area (Å²) in [6.07, 6.45) is 12.2. The Hall–Kier alpha value is -1.23. The second-order valence-corrected chi connectivity index (χ2v) is 10.4. The van der Waals surface area contributed by atoms with Gasteiger partial charge in [-0.2, -0.15) is 0 Å². The van der Waals surface area contributed by atoms with Gasteiger partial charge >= 0.3 is 0 Å². The first-order chi connectivity index (χ1) is 13.2. The van der Waals surface area contributed by atoms with Crippen LogP contribution in [0.2, 0.25) is 0 Å². The molecule has 7 atom stereocenters. The lowest BCUT2D eigenvalue weighted by Crippen LogP contribution is -2.63. The van der Waals surface area contributed by atoms with Crippen molar-refractivity contribution in [2.24, 2.45) is 22.7 Å². The van der Waals surface area contributed by atoms with E-state index in [1.54, 1.807) is 12.4 Å². The van der Waals surface area contributed by atoms with Crippen LogP contribution in [0.3, 0.4) is 0 Å². The van der Waals surface area contributed by atoms with Gasteiger partial charge in [-0.05, 0) is 74.7 Å². The van der Waals surface area contributed by atoms with Gasteiger partial charge in [0.15, 0.2) is 0 Å². The molecule has 1 aromatic heterocycles. The zero-order valence-corrected chi connectivity index (χ0v) is 17.1. The molecular formula is C24H33NO3. The van der Waals surface area contributed by atoms with Crippen LogP contribution in [0.15, 0.2) is 36.2 Å². The fraction of sp³-hybridized carbons (Fsp3) is 0.708. The summed E-state index contributed by atoms with van der Waals surface area (Å²) >= 11 is 0. The summed E-state index contributed by atoms with van der Waals surface area (Å²) in [5.74, 6) is 0.593. The number of hydrogen-bond acceptors (Lipinski definition) is 4. The third kappa shape index (κ3) is 2.15. The van der Waals surface area contributed by atoms with Gasteiger partial charge in [-0.15, -0.1) is 0 Å². The lowest BCUT2D eigenvalue weighted by atomic mass is 9.45. The number of fused-ring (bicyclic) bond motifs is 5. The topological polar surface area (TPSA) is 73.6 Å². The lowest BCUT2D eigenvalue weighted by molar-refractivity contribution is -0.218. The average molecular weight is 384 g/mol. The number of hydrogen-bond donors (Lipinski definition) is 3. The maximum absolute atomic E-state index is 12.2. The zero-order chi connectivity index (χ0) is 19.8. The molecule has 1 aromatic rings. The highest BCUT2D eigenvalue weighted by molar-refractivity contribution is 5.33. The van der Waals surface area contributed by atoms with Gasteiger partial charge in [-0.1, -0.05) is 31.6 Å². The molecule has 3 fully saturated rings. The van der Waals surface area contributed by atoms with Gasteiger partial charge in [0, 0.05) is 23.4 Å². The monoisotopic (exact) mass is 383 g/mol. The fourth-order valence-electron chi connectivity index (χ4n) is 7.69. The molecule has 0 amide bonds. The molecule has 4 aliphatic rings. The van der Waals surface area contributed by atoms with E-state index in [2.05, 4.69) is 24.9 Å². The molecule has 0 aromatic carbocycles. The maximum atomic E-state index is 12.2. The van der Waals surface area contributed by atoms with Crippen LogP contribution < -0.4 is 0 Å².